The van der Waals surface area contributed by atoms with E-state index in [0.29, 0.717) is 11.1 Å². The lowest BCUT2D eigenvalue weighted by Crippen LogP contribution is -2.37. The van der Waals surface area contributed by atoms with Gasteiger partial charge in [-0.2, -0.15) is 26.6 Å². The Labute approximate surface area is 135 Å². The van der Waals surface area contributed by atoms with Crippen molar-refractivity contribution in [3.05, 3.63) is 35.7 Å². The Kier molecular flexibility index (Phi) is 5.22. The van der Waals surface area contributed by atoms with Crippen molar-refractivity contribution in [2.75, 3.05) is 14.2 Å². The first-order valence-electron chi connectivity index (χ1n) is 6.43. The Bertz CT molecular complexity index is 789. The van der Waals surface area contributed by atoms with Gasteiger partial charge in [-0.25, -0.2) is 4.72 Å². The monoisotopic (exact) mass is 366 g/mol. The zero-order valence-electron chi connectivity index (χ0n) is 12.5. The summed E-state index contributed by atoms with van der Waals surface area (Å²) in [5.74, 6) is -1.66. The SMILES string of the molecule is CNS(=O)(=O)N(Cc1ccc(-c2noc(C(F)(F)F)n2)cc1)OC. The number of hydrogen-bond acceptors (Lipinski definition) is 6. The van der Waals surface area contributed by atoms with Crippen LogP contribution in [0.3, 0.4) is 0 Å². The van der Waals surface area contributed by atoms with Crippen LogP contribution < -0.4 is 4.72 Å². The first-order chi connectivity index (χ1) is 11.2. The van der Waals surface area contributed by atoms with Gasteiger partial charge in [0, 0.05) is 12.6 Å². The van der Waals surface area contributed by atoms with Crippen molar-refractivity contribution in [3.63, 3.8) is 0 Å². The predicted molar refractivity (Wildman–Crippen MR) is 75.3 cm³/mol. The third kappa shape index (κ3) is 4.08. The van der Waals surface area contributed by atoms with Gasteiger partial charge >= 0.3 is 22.3 Å². The molecule has 1 aromatic heterocycles. The Morgan fingerprint density at radius 2 is 1.92 bits per heavy atom. The lowest BCUT2D eigenvalue weighted by molar-refractivity contribution is -0.159. The Morgan fingerprint density at radius 3 is 2.38 bits per heavy atom. The molecule has 1 heterocycles. The quantitative estimate of drug-likeness (QED) is 0.780. The van der Waals surface area contributed by atoms with Crippen molar-refractivity contribution in [3.8, 4) is 11.4 Å². The largest absolute Gasteiger partial charge is 0.471 e. The van der Waals surface area contributed by atoms with Crippen LogP contribution in [0.2, 0.25) is 0 Å². The van der Waals surface area contributed by atoms with Gasteiger partial charge in [0.05, 0.1) is 13.7 Å². The third-order valence-electron chi connectivity index (χ3n) is 2.92. The maximum absolute atomic E-state index is 12.4. The number of nitrogens with one attached hydrogen (secondary N) is 1. The highest BCUT2D eigenvalue weighted by Crippen LogP contribution is 2.29. The molecule has 0 radical (unpaired) electrons. The first kappa shape index (κ1) is 18.3. The minimum Gasteiger partial charge on any atom is -0.329 e. The molecule has 0 aliphatic rings. The van der Waals surface area contributed by atoms with E-state index >= 15 is 0 Å². The number of halogens is 3. The van der Waals surface area contributed by atoms with E-state index in [-0.39, 0.29) is 12.4 Å². The van der Waals surface area contributed by atoms with E-state index in [2.05, 4.69) is 19.4 Å². The highest BCUT2D eigenvalue weighted by atomic mass is 32.2. The second kappa shape index (κ2) is 6.84. The van der Waals surface area contributed by atoms with Crippen LogP contribution in [0, 0.1) is 0 Å². The lowest BCUT2D eigenvalue weighted by atomic mass is 10.1. The van der Waals surface area contributed by atoms with Crippen LogP contribution >= 0.6 is 0 Å². The Morgan fingerprint density at radius 1 is 1.29 bits per heavy atom. The highest BCUT2D eigenvalue weighted by molar-refractivity contribution is 7.86. The van der Waals surface area contributed by atoms with E-state index in [1.54, 1.807) is 0 Å². The van der Waals surface area contributed by atoms with Gasteiger partial charge in [0.1, 0.15) is 0 Å². The van der Waals surface area contributed by atoms with E-state index in [1.807, 2.05) is 0 Å². The molecule has 0 aliphatic heterocycles. The molecular formula is C12H13F3N4O4S. The molecule has 8 nitrogen and oxygen atoms in total. The van der Waals surface area contributed by atoms with Crippen molar-refractivity contribution in [2.45, 2.75) is 12.7 Å². The van der Waals surface area contributed by atoms with Crippen LogP contribution in [0.15, 0.2) is 28.8 Å². The molecule has 12 heteroatoms. The van der Waals surface area contributed by atoms with E-state index in [1.165, 1.54) is 38.4 Å². The topological polar surface area (TPSA) is 97.6 Å². The first-order valence-corrected chi connectivity index (χ1v) is 7.87. The predicted octanol–water partition coefficient (Wildman–Crippen LogP) is 1.58. The number of hydroxylamine groups is 1. The van der Waals surface area contributed by atoms with E-state index in [4.69, 9.17) is 4.84 Å². The van der Waals surface area contributed by atoms with Crippen LogP contribution in [0.25, 0.3) is 11.4 Å². The van der Waals surface area contributed by atoms with Crippen molar-refractivity contribution in [1.82, 2.24) is 19.3 Å². The smallest absolute Gasteiger partial charge is 0.329 e. The summed E-state index contributed by atoms with van der Waals surface area (Å²) in [6.07, 6.45) is -4.72. The fourth-order valence-corrected chi connectivity index (χ4v) is 2.43. The van der Waals surface area contributed by atoms with Crippen molar-refractivity contribution in [1.29, 1.82) is 0 Å². The summed E-state index contributed by atoms with van der Waals surface area (Å²) in [7, 11) is -1.36. The number of hydrogen-bond donors (Lipinski definition) is 1. The molecule has 2 rings (SSSR count). The number of rotatable bonds is 6. The van der Waals surface area contributed by atoms with Gasteiger partial charge < -0.3 is 4.52 Å². The molecule has 2 aromatic rings. The van der Waals surface area contributed by atoms with Gasteiger partial charge in [0.25, 0.3) is 0 Å². The summed E-state index contributed by atoms with van der Waals surface area (Å²) in [5.41, 5.74) is 0.831. The fourth-order valence-electron chi connectivity index (χ4n) is 1.71. The molecule has 24 heavy (non-hydrogen) atoms. The molecule has 1 N–H and O–H groups in total. The van der Waals surface area contributed by atoms with Crippen molar-refractivity contribution >= 4 is 10.2 Å². The fraction of sp³-hybridized carbons (Fsp3) is 0.333. The summed E-state index contributed by atoms with van der Waals surface area (Å²) in [6.45, 7) is -0.0972. The molecule has 1 aromatic carbocycles. The summed E-state index contributed by atoms with van der Waals surface area (Å²) in [4.78, 5) is 8.05. The molecular weight excluding hydrogens is 353 g/mol. The maximum Gasteiger partial charge on any atom is 0.471 e. The van der Waals surface area contributed by atoms with E-state index < -0.39 is 22.3 Å². The number of alkyl halides is 3. The molecule has 0 saturated heterocycles. The van der Waals surface area contributed by atoms with E-state index in [0.717, 1.165) is 4.47 Å². The molecule has 0 fully saturated rings. The molecule has 0 aliphatic carbocycles. The molecule has 0 spiro atoms. The average molecular weight is 366 g/mol. The van der Waals surface area contributed by atoms with E-state index in [9.17, 15) is 21.6 Å². The second-order valence-corrected chi connectivity index (χ2v) is 6.24. The zero-order valence-corrected chi connectivity index (χ0v) is 13.3. The number of benzene rings is 1. The standard InChI is InChI=1S/C12H13F3N4O4S/c1-16-24(20,21)19(22-2)7-8-3-5-9(6-4-8)10-17-11(23-18-10)12(13,14)15/h3-6,16H,7H2,1-2H3. The lowest BCUT2D eigenvalue weighted by Gasteiger charge is -2.18. The molecule has 0 unspecified atom stereocenters. The van der Waals surface area contributed by atoms with Gasteiger partial charge in [0.15, 0.2) is 0 Å². The average Bonchev–Trinajstić information content (AvgIpc) is 3.03. The van der Waals surface area contributed by atoms with Crippen LogP contribution in [-0.2, 0) is 27.8 Å². The maximum atomic E-state index is 12.4. The summed E-state index contributed by atoms with van der Waals surface area (Å²) < 4.78 is 67.6. The van der Waals surface area contributed by atoms with Gasteiger partial charge in [-0.1, -0.05) is 33.9 Å². The van der Waals surface area contributed by atoms with Crippen LogP contribution in [-0.4, -0.2) is 37.2 Å². The summed E-state index contributed by atoms with van der Waals surface area (Å²) in [5, 5.41) is 3.27. The Balaban J connectivity index is 2.17. The number of aromatic nitrogens is 2. The van der Waals surface area contributed by atoms with Gasteiger partial charge in [-0.3, -0.25) is 4.84 Å². The third-order valence-corrected chi connectivity index (χ3v) is 4.25. The van der Waals surface area contributed by atoms with Gasteiger partial charge in [-0.05, 0) is 5.56 Å². The van der Waals surface area contributed by atoms with Gasteiger partial charge in [0.2, 0.25) is 5.82 Å². The van der Waals surface area contributed by atoms with Crippen LogP contribution in [0.4, 0.5) is 13.2 Å². The molecule has 0 saturated carbocycles. The van der Waals surface area contributed by atoms with Crippen LogP contribution in [0.1, 0.15) is 11.5 Å². The molecule has 0 bridgehead atoms. The van der Waals surface area contributed by atoms with Crippen molar-refractivity contribution < 1.29 is 30.9 Å². The minimum absolute atomic E-state index is 0.0972. The minimum atomic E-state index is -4.72. The normalized spacial score (nSPS) is 12.8. The summed E-state index contributed by atoms with van der Waals surface area (Å²) in [6, 6.07) is 5.91. The summed E-state index contributed by atoms with van der Waals surface area (Å²) >= 11 is 0. The highest BCUT2D eigenvalue weighted by Gasteiger charge is 2.38. The zero-order chi connectivity index (χ0) is 18.0. The Hall–Kier alpha value is -2.02. The molecule has 132 valence electrons. The van der Waals surface area contributed by atoms with Crippen LogP contribution in [0.5, 0.6) is 0 Å². The van der Waals surface area contributed by atoms with Gasteiger partial charge in [-0.15, -0.1) is 0 Å². The second-order valence-electron chi connectivity index (χ2n) is 4.47. The van der Waals surface area contributed by atoms with Crippen molar-refractivity contribution in [2.24, 2.45) is 0 Å². The number of nitrogens with zero attached hydrogens (tertiary/aromatic N) is 3. The molecule has 0 amide bonds. The molecule has 0 atom stereocenters.